The Morgan fingerprint density at radius 3 is 2.61 bits per heavy atom. The molecular weight excluding hydrogens is 435 g/mol. The van der Waals surface area contributed by atoms with E-state index in [1.807, 2.05) is 48.5 Å². The maximum Gasteiger partial charge on any atom is 0.221 e. The quantitative estimate of drug-likeness (QED) is 0.383. The van der Waals surface area contributed by atoms with Crippen molar-refractivity contribution in [2.75, 3.05) is 6.66 Å². The number of fused-ring (bicyclic) bond motifs is 2. The molecule has 0 aliphatic rings. The van der Waals surface area contributed by atoms with Gasteiger partial charge in [-0.25, -0.2) is 14.6 Å². The normalized spacial score (nSPS) is 13.9. The molecule has 0 fully saturated rings. The summed E-state index contributed by atoms with van der Waals surface area (Å²) >= 11 is 0. The molecule has 2 aromatic carbocycles. The molecule has 5 aromatic rings. The molecule has 0 bridgehead atoms. The fourth-order valence-electron chi connectivity index (χ4n) is 3.93. The predicted octanol–water partition coefficient (Wildman–Crippen LogP) is 4.62. The first-order valence-corrected chi connectivity index (χ1v) is 12.8. The number of aromatic nitrogens is 6. The third kappa shape index (κ3) is 4.15. The molecule has 33 heavy (non-hydrogen) atoms. The molecular formula is C24H23N6O2P. The SMILES string of the molecule is CC(C)(c1ccc2ncccc2c1)n1nnc2ncc(-c3ccc(CP(C)(=O)O)cc3)nc21. The van der Waals surface area contributed by atoms with Crippen molar-refractivity contribution in [3.8, 4) is 11.3 Å². The van der Waals surface area contributed by atoms with E-state index in [9.17, 15) is 9.46 Å². The Balaban J connectivity index is 1.54. The fraction of sp³-hybridized carbons (Fsp3) is 0.208. The summed E-state index contributed by atoms with van der Waals surface area (Å²) < 4.78 is 13.5. The predicted molar refractivity (Wildman–Crippen MR) is 128 cm³/mol. The van der Waals surface area contributed by atoms with Crippen molar-refractivity contribution in [3.05, 3.63) is 78.1 Å². The Hall–Kier alpha value is -3.48. The zero-order valence-corrected chi connectivity index (χ0v) is 19.4. The van der Waals surface area contributed by atoms with Gasteiger partial charge in [-0.1, -0.05) is 41.6 Å². The minimum Gasteiger partial charge on any atom is -0.344 e. The molecule has 0 amide bonds. The Labute approximate surface area is 190 Å². The van der Waals surface area contributed by atoms with Crippen LogP contribution < -0.4 is 0 Å². The van der Waals surface area contributed by atoms with Crippen LogP contribution in [-0.2, 0) is 16.3 Å². The van der Waals surface area contributed by atoms with Crippen molar-refractivity contribution in [1.29, 1.82) is 0 Å². The van der Waals surface area contributed by atoms with Gasteiger partial charge in [-0.3, -0.25) is 9.55 Å². The zero-order valence-electron chi connectivity index (χ0n) is 18.5. The minimum atomic E-state index is -3.12. The first-order chi connectivity index (χ1) is 15.7. The molecule has 0 radical (unpaired) electrons. The molecule has 1 atom stereocenters. The average Bonchev–Trinajstić information content (AvgIpc) is 3.22. The van der Waals surface area contributed by atoms with Crippen molar-refractivity contribution < 1.29 is 9.46 Å². The average molecular weight is 458 g/mol. The van der Waals surface area contributed by atoms with Gasteiger partial charge < -0.3 is 4.89 Å². The lowest BCUT2D eigenvalue weighted by Gasteiger charge is -2.26. The standard InChI is InChI=1S/C24H23N6O2P/c1-24(2,19-10-11-20-18(13-19)5-4-12-25-20)30-23-22(28-29-30)26-14-21(27-23)17-8-6-16(7-9-17)15-33(3,31)32/h4-14H,15H2,1-3H3,(H,31,32). The second-order valence-electron chi connectivity index (χ2n) is 8.78. The summed E-state index contributed by atoms with van der Waals surface area (Å²) in [5.41, 5.74) is 4.86. The second kappa shape index (κ2) is 7.83. The van der Waals surface area contributed by atoms with Crippen LogP contribution in [-0.4, -0.2) is 41.5 Å². The van der Waals surface area contributed by atoms with Gasteiger partial charge in [0.25, 0.3) is 0 Å². The van der Waals surface area contributed by atoms with Gasteiger partial charge in [0.15, 0.2) is 5.65 Å². The van der Waals surface area contributed by atoms with Crippen molar-refractivity contribution >= 4 is 29.6 Å². The third-order valence-corrected chi connectivity index (χ3v) is 6.68. The molecule has 5 rings (SSSR count). The van der Waals surface area contributed by atoms with Gasteiger partial charge in [-0.05, 0) is 43.2 Å². The molecule has 0 saturated heterocycles. The van der Waals surface area contributed by atoms with Crippen molar-refractivity contribution in [2.45, 2.75) is 25.5 Å². The third-order valence-electron chi connectivity index (χ3n) is 5.73. The second-order valence-corrected chi connectivity index (χ2v) is 11.2. The molecule has 0 saturated carbocycles. The highest BCUT2D eigenvalue weighted by Crippen LogP contribution is 2.40. The molecule has 0 spiro atoms. The summed E-state index contributed by atoms with van der Waals surface area (Å²) in [7, 11) is -3.12. The Morgan fingerprint density at radius 1 is 1.06 bits per heavy atom. The largest absolute Gasteiger partial charge is 0.344 e. The lowest BCUT2D eigenvalue weighted by atomic mass is 9.93. The van der Waals surface area contributed by atoms with Crippen molar-refractivity contribution in [1.82, 2.24) is 29.9 Å². The lowest BCUT2D eigenvalue weighted by molar-refractivity contribution is 0.391. The first kappa shape index (κ1) is 21.4. The Bertz CT molecular complexity index is 1520. The number of hydrogen-bond acceptors (Lipinski definition) is 6. The number of pyridine rings is 1. The summed E-state index contributed by atoms with van der Waals surface area (Å²) in [5.74, 6) is 0. The highest BCUT2D eigenvalue weighted by atomic mass is 31.2. The van der Waals surface area contributed by atoms with E-state index >= 15 is 0 Å². The van der Waals surface area contributed by atoms with Crippen LogP contribution in [0.3, 0.4) is 0 Å². The van der Waals surface area contributed by atoms with E-state index in [2.05, 4.69) is 40.2 Å². The molecule has 0 aliphatic carbocycles. The van der Waals surface area contributed by atoms with Gasteiger partial charge in [0.2, 0.25) is 13.0 Å². The summed E-state index contributed by atoms with van der Waals surface area (Å²) in [4.78, 5) is 23.3. The highest BCUT2D eigenvalue weighted by molar-refractivity contribution is 7.56. The maximum absolute atomic E-state index is 11.7. The molecule has 3 aromatic heterocycles. The lowest BCUT2D eigenvalue weighted by Crippen LogP contribution is -2.29. The molecule has 9 heteroatoms. The van der Waals surface area contributed by atoms with Crippen LogP contribution in [0.5, 0.6) is 0 Å². The van der Waals surface area contributed by atoms with E-state index < -0.39 is 12.9 Å². The molecule has 1 unspecified atom stereocenters. The summed E-state index contributed by atoms with van der Waals surface area (Å²) in [6.07, 6.45) is 3.60. The van der Waals surface area contributed by atoms with Crippen LogP contribution in [0.2, 0.25) is 0 Å². The van der Waals surface area contributed by atoms with Gasteiger partial charge in [0.1, 0.15) is 0 Å². The van der Waals surface area contributed by atoms with E-state index in [0.29, 0.717) is 17.0 Å². The van der Waals surface area contributed by atoms with E-state index in [1.54, 1.807) is 17.1 Å². The summed E-state index contributed by atoms with van der Waals surface area (Å²) in [6, 6.07) is 17.6. The highest BCUT2D eigenvalue weighted by Gasteiger charge is 2.28. The van der Waals surface area contributed by atoms with Crippen molar-refractivity contribution in [2.24, 2.45) is 0 Å². The fourth-order valence-corrected chi connectivity index (χ4v) is 4.82. The summed E-state index contributed by atoms with van der Waals surface area (Å²) in [5, 5.41) is 9.66. The van der Waals surface area contributed by atoms with Crippen LogP contribution in [0.4, 0.5) is 0 Å². The number of rotatable bonds is 5. The van der Waals surface area contributed by atoms with Crippen LogP contribution in [0.1, 0.15) is 25.0 Å². The maximum atomic E-state index is 11.7. The van der Waals surface area contributed by atoms with E-state index in [-0.39, 0.29) is 6.16 Å². The van der Waals surface area contributed by atoms with Crippen LogP contribution >= 0.6 is 7.37 Å². The van der Waals surface area contributed by atoms with Gasteiger partial charge in [0.05, 0.1) is 22.9 Å². The number of nitrogens with zero attached hydrogens (tertiary/aromatic N) is 6. The smallest absolute Gasteiger partial charge is 0.221 e. The zero-order chi connectivity index (χ0) is 23.2. The molecule has 8 nitrogen and oxygen atoms in total. The molecule has 0 aliphatic heterocycles. The monoisotopic (exact) mass is 458 g/mol. The number of benzene rings is 2. The van der Waals surface area contributed by atoms with Crippen LogP contribution in [0.25, 0.3) is 33.5 Å². The van der Waals surface area contributed by atoms with E-state index in [1.165, 1.54) is 6.66 Å². The first-order valence-electron chi connectivity index (χ1n) is 10.5. The summed E-state index contributed by atoms with van der Waals surface area (Å²) in [6.45, 7) is 5.50. The van der Waals surface area contributed by atoms with E-state index in [0.717, 1.165) is 27.6 Å². The molecule has 166 valence electrons. The minimum absolute atomic E-state index is 0.143. The van der Waals surface area contributed by atoms with E-state index in [4.69, 9.17) is 4.98 Å². The van der Waals surface area contributed by atoms with Gasteiger partial charge in [-0.15, -0.1) is 5.10 Å². The number of hydrogen-bond donors (Lipinski definition) is 1. The van der Waals surface area contributed by atoms with Gasteiger partial charge >= 0.3 is 0 Å². The molecule has 3 heterocycles. The van der Waals surface area contributed by atoms with Crippen molar-refractivity contribution in [3.63, 3.8) is 0 Å². The van der Waals surface area contributed by atoms with Gasteiger partial charge in [0, 0.05) is 30.0 Å². The van der Waals surface area contributed by atoms with Gasteiger partial charge in [-0.2, -0.15) is 0 Å². The Kier molecular flexibility index (Phi) is 5.07. The van der Waals surface area contributed by atoms with Crippen LogP contribution in [0, 0.1) is 0 Å². The molecule has 1 N–H and O–H groups in total. The Morgan fingerprint density at radius 2 is 1.85 bits per heavy atom. The topological polar surface area (TPSA) is 107 Å². The van der Waals surface area contributed by atoms with Crippen LogP contribution in [0.15, 0.2) is 67.0 Å².